The second kappa shape index (κ2) is 6.51. The van der Waals surface area contributed by atoms with Crippen LogP contribution >= 0.6 is 0 Å². The van der Waals surface area contributed by atoms with Crippen LogP contribution < -0.4 is 10.1 Å². The molecule has 122 valence electrons. The zero-order chi connectivity index (χ0) is 16.3. The smallest absolute Gasteiger partial charge is 0.422 e. The van der Waals surface area contributed by atoms with E-state index in [0.717, 1.165) is 0 Å². The number of hydrogen-bond donors (Lipinski definition) is 2. The van der Waals surface area contributed by atoms with E-state index in [1.54, 1.807) is 6.92 Å². The summed E-state index contributed by atoms with van der Waals surface area (Å²) in [5, 5.41) is 11.7. The molecule has 0 spiro atoms. The zero-order valence-electron chi connectivity index (χ0n) is 11.9. The number of carbonyl (C=O) groups excluding carboxylic acids is 1. The van der Waals surface area contributed by atoms with Gasteiger partial charge in [0.25, 0.3) is 0 Å². The van der Waals surface area contributed by atoms with Crippen molar-refractivity contribution in [3.8, 4) is 5.75 Å². The lowest BCUT2D eigenvalue weighted by atomic mass is 10.2. The number of rotatable bonds is 6. The molecule has 1 aromatic rings. The van der Waals surface area contributed by atoms with Gasteiger partial charge in [-0.25, -0.2) is 0 Å². The molecule has 3 atom stereocenters. The van der Waals surface area contributed by atoms with Crippen LogP contribution in [0.4, 0.5) is 13.2 Å². The van der Waals surface area contributed by atoms with E-state index in [2.05, 4.69) is 15.0 Å². The normalized spacial score (nSPS) is 22.0. The molecule has 0 radical (unpaired) electrons. The van der Waals surface area contributed by atoms with Crippen molar-refractivity contribution in [2.45, 2.75) is 25.6 Å². The van der Waals surface area contributed by atoms with E-state index in [4.69, 9.17) is 5.11 Å². The van der Waals surface area contributed by atoms with Crippen LogP contribution in [0.5, 0.6) is 5.75 Å². The van der Waals surface area contributed by atoms with E-state index in [9.17, 15) is 18.0 Å². The number of carbonyl (C=O) groups is 1. The zero-order valence-corrected chi connectivity index (χ0v) is 11.9. The minimum atomic E-state index is -4.40. The first kappa shape index (κ1) is 16.5. The second-order valence-electron chi connectivity index (χ2n) is 5.34. The summed E-state index contributed by atoms with van der Waals surface area (Å²) >= 11 is 0. The van der Waals surface area contributed by atoms with Crippen molar-refractivity contribution >= 4 is 5.91 Å². The fourth-order valence-electron chi connectivity index (χ4n) is 2.06. The van der Waals surface area contributed by atoms with Crippen LogP contribution in [0.3, 0.4) is 0 Å². The largest absolute Gasteiger partial charge is 0.483 e. The minimum absolute atomic E-state index is 0.00401. The highest BCUT2D eigenvalue weighted by atomic mass is 19.4. The molecule has 1 aliphatic carbocycles. The molecule has 22 heavy (non-hydrogen) atoms. The van der Waals surface area contributed by atoms with E-state index in [1.165, 1.54) is 18.3 Å². The van der Waals surface area contributed by atoms with Gasteiger partial charge in [-0.1, -0.05) is 0 Å². The summed E-state index contributed by atoms with van der Waals surface area (Å²) in [6.07, 6.45) is -2.53. The Morgan fingerprint density at radius 1 is 1.55 bits per heavy atom. The average molecular weight is 318 g/mol. The average Bonchev–Trinajstić information content (AvgIpc) is 3.24. The lowest BCUT2D eigenvalue weighted by molar-refractivity contribution is -0.153. The van der Waals surface area contributed by atoms with Gasteiger partial charge in [0, 0.05) is 12.5 Å². The maximum atomic E-state index is 12.0. The van der Waals surface area contributed by atoms with E-state index in [0.29, 0.717) is 12.1 Å². The molecular weight excluding hydrogens is 301 g/mol. The molecule has 1 heterocycles. The number of aliphatic hydroxyl groups is 1. The number of nitrogens with one attached hydrogen (secondary N) is 1. The maximum absolute atomic E-state index is 12.0. The van der Waals surface area contributed by atoms with Crippen LogP contribution in [0, 0.1) is 11.8 Å². The molecule has 0 bridgehead atoms. The first-order valence-electron chi connectivity index (χ1n) is 6.87. The molecule has 0 saturated heterocycles. The standard InChI is InChI=1S/C14H17F3N2O3/c1-8(19-13(21)11-4-9(11)6-20)12-3-2-10(5-18-12)22-7-14(15,16)17/h2-3,5,8-9,11,20H,4,6-7H2,1H3,(H,19,21)/t8?,9-,11+/m0/s1. The van der Waals surface area contributed by atoms with Gasteiger partial charge in [-0.15, -0.1) is 0 Å². The summed E-state index contributed by atoms with van der Waals surface area (Å²) in [7, 11) is 0. The first-order valence-corrected chi connectivity index (χ1v) is 6.87. The molecule has 1 aromatic heterocycles. The van der Waals surface area contributed by atoms with Crippen molar-refractivity contribution in [2.75, 3.05) is 13.2 Å². The molecule has 1 amide bonds. The molecule has 5 nitrogen and oxygen atoms in total. The predicted octanol–water partition coefficient (Wildman–Crippen LogP) is 1.83. The Morgan fingerprint density at radius 2 is 2.27 bits per heavy atom. The van der Waals surface area contributed by atoms with Crippen molar-refractivity contribution in [3.63, 3.8) is 0 Å². The van der Waals surface area contributed by atoms with Crippen molar-refractivity contribution in [3.05, 3.63) is 24.0 Å². The Labute approximate surface area is 125 Å². The number of amides is 1. The lowest BCUT2D eigenvalue weighted by Gasteiger charge is -2.14. The highest BCUT2D eigenvalue weighted by Crippen LogP contribution is 2.38. The number of alkyl halides is 3. The molecule has 2 N–H and O–H groups in total. The van der Waals surface area contributed by atoms with Crippen LogP contribution in [0.25, 0.3) is 0 Å². The van der Waals surface area contributed by atoms with E-state index < -0.39 is 12.8 Å². The van der Waals surface area contributed by atoms with Crippen molar-refractivity contribution in [1.29, 1.82) is 0 Å². The Kier molecular flexibility index (Phi) is 4.90. The number of aliphatic hydroxyl groups excluding tert-OH is 1. The van der Waals surface area contributed by atoms with Crippen LogP contribution in [0.15, 0.2) is 18.3 Å². The van der Waals surface area contributed by atoms with E-state index >= 15 is 0 Å². The third kappa shape index (κ3) is 4.59. The highest BCUT2D eigenvalue weighted by Gasteiger charge is 2.42. The number of hydrogen-bond acceptors (Lipinski definition) is 4. The topological polar surface area (TPSA) is 71.5 Å². The second-order valence-corrected chi connectivity index (χ2v) is 5.34. The number of ether oxygens (including phenoxy) is 1. The Morgan fingerprint density at radius 3 is 2.77 bits per heavy atom. The number of pyridine rings is 1. The number of halogens is 3. The molecule has 8 heteroatoms. The monoisotopic (exact) mass is 318 g/mol. The van der Waals surface area contributed by atoms with Gasteiger partial charge in [-0.3, -0.25) is 9.78 Å². The molecule has 1 saturated carbocycles. The molecule has 1 unspecified atom stereocenters. The van der Waals surface area contributed by atoms with Gasteiger partial charge in [-0.2, -0.15) is 13.2 Å². The molecule has 0 aromatic carbocycles. The summed E-state index contributed by atoms with van der Waals surface area (Å²) < 4.78 is 40.6. The van der Waals surface area contributed by atoms with Gasteiger partial charge in [0.2, 0.25) is 5.91 Å². The third-order valence-corrected chi connectivity index (χ3v) is 3.46. The van der Waals surface area contributed by atoms with Gasteiger partial charge in [0.15, 0.2) is 6.61 Å². The van der Waals surface area contributed by atoms with Gasteiger partial charge >= 0.3 is 6.18 Å². The Balaban J connectivity index is 1.85. The fourth-order valence-corrected chi connectivity index (χ4v) is 2.06. The van der Waals surface area contributed by atoms with Crippen molar-refractivity contribution < 1.29 is 27.8 Å². The minimum Gasteiger partial charge on any atom is -0.483 e. The molecule has 2 rings (SSSR count). The van der Waals surface area contributed by atoms with Gasteiger partial charge in [0.05, 0.1) is 17.9 Å². The first-order chi connectivity index (χ1) is 10.3. The molecule has 1 fully saturated rings. The van der Waals surface area contributed by atoms with E-state index in [-0.39, 0.29) is 36.1 Å². The third-order valence-electron chi connectivity index (χ3n) is 3.46. The summed E-state index contributed by atoms with van der Waals surface area (Å²) in [6, 6.07) is 2.52. The van der Waals surface area contributed by atoms with Crippen molar-refractivity contribution in [1.82, 2.24) is 10.3 Å². The number of nitrogens with zero attached hydrogens (tertiary/aromatic N) is 1. The lowest BCUT2D eigenvalue weighted by Crippen LogP contribution is -2.29. The molecular formula is C14H17F3N2O3. The molecule has 1 aliphatic rings. The van der Waals surface area contributed by atoms with Crippen LogP contribution in [-0.4, -0.2) is 35.4 Å². The Bertz CT molecular complexity index is 519. The summed E-state index contributed by atoms with van der Waals surface area (Å²) in [6.45, 7) is 0.354. The van der Waals surface area contributed by atoms with Crippen LogP contribution in [0.2, 0.25) is 0 Å². The number of aromatic nitrogens is 1. The van der Waals surface area contributed by atoms with Gasteiger partial charge < -0.3 is 15.2 Å². The SMILES string of the molecule is CC(NC(=O)[C@@H]1C[C@H]1CO)c1ccc(OCC(F)(F)F)cn1. The summed E-state index contributed by atoms with van der Waals surface area (Å²) in [5.41, 5.74) is 0.522. The van der Waals surface area contributed by atoms with Crippen LogP contribution in [-0.2, 0) is 4.79 Å². The van der Waals surface area contributed by atoms with Gasteiger partial charge in [-0.05, 0) is 31.4 Å². The maximum Gasteiger partial charge on any atom is 0.422 e. The summed E-state index contributed by atoms with van der Waals surface area (Å²) in [5.74, 6) is -0.270. The molecule has 0 aliphatic heterocycles. The fraction of sp³-hybridized carbons (Fsp3) is 0.571. The Hall–Kier alpha value is -1.83. The van der Waals surface area contributed by atoms with Crippen LogP contribution in [0.1, 0.15) is 25.1 Å². The summed E-state index contributed by atoms with van der Waals surface area (Å²) in [4.78, 5) is 15.8. The van der Waals surface area contributed by atoms with Crippen molar-refractivity contribution in [2.24, 2.45) is 11.8 Å². The quantitative estimate of drug-likeness (QED) is 0.839. The van der Waals surface area contributed by atoms with E-state index in [1.807, 2.05) is 0 Å². The van der Waals surface area contributed by atoms with Gasteiger partial charge in [0.1, 0.15) is 5.75 Å². The predicted molar refractivity (Wildman–Crippen MR) is 71.0 cm³/mol. The highest BCUT2D eigenvalue weighted by molar-refractivity contribution is 5.81.